The first-order valence-corrected chi connectivity index (χ1v) is 11.6. The highest BCUT2D eigenvalue weighted by Gasteiger charge is 2.25. The van der Waals surface area contributed by atoms with Crippen LogP contribution in [0.3, 0.4) is 0 Å². The fourth-order valence-electron chi connectivity index (χ4n) is 3.79. The lowest BCUT2D eigenvalue weighted by atomic mass is 10.1. The Hall–Kier alpha value is -4.66. The van der Waals surface area contributed by atoms with Crippen molar-refractivity contribution < 1.29 is 9.53 Å². The number of hydrogen-bond acceptors (Lipinski definition) is 6. The second-order valence-electron chi connectivity index (χ2n) is 8.19. The Morgan fingerprint density at radius 1 is 1.00 bits per heavy atom. The number of carbonyl (C=O) groups is 1. The molecule has 2 heterocycles. The molecule has 9 heteroatoms. The molecule has 3 N–H and O–H groups in total. The summed E-state index contributed by atoms with van der Waals surface area (Å²) in [5.74, 6) is 0.130. The van der Waals surface area contributed by atoms with E-state index in [9.17, 15) is 14.4 Å². The molecule has 0 unspecified atom stereocenters. The Kier molecular flexibility index (Phi) is 7.60. The molecule has 0 saturated carbocycles. The Bertz CT molecular complexity index is 1430. The number of H-pyrrole nitrogens is 1. The maximum Gasteiger partial charge on any atom is 0.330 e. The van der Waals surface area contributed by atoms with Crippen LogP contribution in [0.15, 0.2) is 88.7 Å². The number of nitrogens with two attached hydrogens (primary N) is 1. The summed E-state index contributed by atoms with van der Waals surface area (Å²) in [7, 11) is 0. The second-order valence-corrected chi connectivity index (χ2v) is 8.19. The molecule has 184 valence electrons. The van der Waals surface area contributed by atoms with E-state index < -0.39 is 17.2 Å². The molecule has 4 rings (SSSR count). The number of ether oxygens (including phenoxy) is 1. The summed E-state index contributed by atoms with van der Waals surface area (Å²) in [4.78, 5) is 46.4. The first kappa shape index (κ1) is 24.5. The minimum Gasteiger partial charge on any atom is -0.489 e. The highest BCUT2D eigenvalue weighted by atomic mass is 16.5. The van der Waals surface area contributed by atoms with Gasteiger partial charge in [-0.2, -0.15) is 0 Å². The Morgan fingerprint density at radius 2 is 1.69 bits per heavy atom. The van der Waals surface area contributed by atoms with Crippen LogP contribution in [0.4, 0.5) is 11.5 Å². The predicted molar refractivity (Wildman–Crippen MR) is 138 cm³/mol. The summed E-state index contributed by atoms with van der Waals surface area (Å²) in [6, 6.07) is 19.7. The van der Waals surface area contributed by atoms with Gasteiger partial charge >= 0.3 is 5.69 Å². The topological polar surface area (TPSA) is 123 Å². The zero-order valence-electron chi connectivity index (χ0n) is 19.9. The highest BCUT2D eigenvalue weighted by molar-refractivity contribution is 6.07. The molecule has 9 nitrogen and oxygen atoms in total. The minimum atomic E-state index is -0.707. The molecular formula is C27H27N5O4. The summed E-state index contributed by atoms with van der Waals surface area (Å²) >= 11 is 0. The van der Waals surface area contributed by atoms with Crippen LogP contribution in [-0.2, 0) is 13.2 Å². The minimum absolute atomic E-state index is 0.0459. The van der Waals surface area contributed by atoms with E-state index >= 15 is 0 Å². The number of carbonyl (C=O) groups excluding carboxylic acids is 1. The van der Waals surface area contributed by atoms with Gasteiger partial charge in [-0.3, -0.25) is 24.1 Å². The van der Waals surface area contributed by atoms with Crippen molar-refractivity contribution in [3.05, 3.63) is 117 Å². The monoisotopic (exact) mass is 485 g/mol. The second kappa shape index (κ2) is 11.2. The van der Waals surface area contributed by atoms with Gasteiger partial charge in [-0.05, 0) is 53.9 Å². The molecule has 2 aromatic carbocycles. The van der Waals surface area contributed by atoms with Gasteiger partial charge in [0.15, 0.2) is 5.69 Å². The maximum absolute atomic E-state index is 13.5. The molecule has 0 bridgehead atoms. The summed E-state index contributed by atoms with van der Waals surface area (Å²) in [6.45, 7) is 2.66. The van der Waals surface area contributed by atoms with Crippen LogP contribution in [0, 0.1) is 0 Å². The van der Waals surface area contributed by atoms with Crippen LogP contribution < -0.4 is 26.6 Å². The number of benzene rings is 2. The van der Waals surface area contributed by atoms with E-state index in [1.807, 2.05) is 49.4 Å². The average Bonchev–Trinajstić information content (AvgIpc) is 2.90. The van der Waals surface area contributed by atoms with E-state index in [2.05, 4.69) is 9.97 Å². The molecular weight excluding hydrogens is 458 g/mol. The normalized spacial score (nSPS) is 10.7. The first-order valence-electron chi connectivity index (χ1n) is 11.6. The molecule has 0 fully saturated rings. The maximum atomic E-state index is 13.5. The standard InChI is InChI=1S/C27H27N5O4/c1-2-16-31(23-24(28)32(27(35)30-25(23)33)17-19-6-4-3-5-7-19)26(34)21-8-10-22(11-9-21)36-18-20-12-14-29-15-13-20/h3-15H,2,16-18,28H2,1H3,(H,30,33,35). The third kappa shape index (κ3) is 5.52. The van der Waals surface area contributed by atoms with Crippen LogP contribution in [0.25, 0.3) is 0 Å². The SMILES string of the molecule is CCCN(C(=O)c1ccc(OCc2ccncc2)cc1)c1c(N)n(Cc2ccccc2)c(=O)[nH]c1=O. The van der Waals surface area contributed by atoms with Crippen molar-refractivity contribution in [2.75, 3.05) is 17.2 Å². The van der Waals surface area contributed by atoms with Crippen molar-refractivity contribution in [2.45, 2.75) is 26.5 Å². The van der Waals surface area contributed by atoms with Gasteiger partial charge in [-0.1, -0.05) is 37.3 Å². The largest absolute Gasteiger partial charge is 0.489 e. The molecule has 0 atom stereocenters. The third-order valence-corrected chi connectivity index (χ3v) is 5.62. The number of rotatable bonds is 9. The summed E-state index contributed by atoms with van der Waals surface area (Å²) in [5.41, 5.74) is 7.10. The van der Waals surface area contributed by atoms with Gasteiger partial charge < -0.3 is 15.4 Å². The Labute approximate surface area is 207 Å². The lowest BCUT2D eigenvalue weighted by molar-refractivity contribution is 0.0986. The number of nitrogens with zero attached hydrogens (tertiary/aromatic N) is 3. The fourth-order valence-corrected chi connectivity index (χ4v) is 3.79. The summed E-state index contributed by atoms with van der Waals surface area (Å²) in [6.07, 6.45) is 3.97. The molecule has 0 aliphatic heterocycles. The molecule has 0 aliphatic carbocycles. The van der Waals surface area contributed by atoms with E-state index in [0.29, 0.717) is 24.3 Å². The van der Waals surface area contributed by atoms with Gasteiger partial charge in [0, 0.05) is 24.5 Å². The lowest BCUT2D eigenvalue weighted by Crippen LogP contribution is -2.41. The molecule has 0 spiro atoms. The molecule has 2 aromatic heterocycles. The van der Waals surface area contributed by atoms with Crippen LogP contribution in [0.1, 0.15) is 34.8 Å². The molecule has 0 aliphatic rings. The summed E-state index contributed by atoms with van der Waals surface area (Å²) < 4.78 is 7.04. The lowest BCUT2D eigenvalue weighted by Gasteiger charge is -2.24. The van der Waals surface area contributed by atoms with Gasteiger partial charge in [-0.25, -0.2) is 4.79 Å². The number of nitrogens with one attached hydrogen (secondary N) is 1. The molecule has 0 radical (unpaired) electrons. The third-order valence-electron chi connectivity index (χ3n) is 5.62. The number of pyridine rings is 1. The molecule has 36 heavy (non-hydrogen) atoms. The van der Waals surface area contributed by atoms with Crippen molar-refractivity contribution in [1.29, 1.82) is 0 Å². The van der Waals surface area contributed by atoms with E-state index in [4.69, 9.17) is 10.5 Å². The summed E-state index contributed by atoms with van der Waals surface area (Å²) in [5, 5.41) is 0. The Balaban J connectivity index is 1.61. The van der Waals surface area contributed by atoms with Crippen molar-refractivity contribution in [3.8, 4) is 5.75 Å². The predicted octanol–water partition coefficient (Wildman–Crippen LogP) is 3.20. The van der Waals surface area contributed by atoms with Gasteiger partial charge in [-0.15, -0.1) is 0 Å². The smallest absolute Gasteiger partial charge is 0.330 e. The van der Waals surface area contributed by atoms with Gasteiger partial charge in [0.05, 0.1) is 6.54 Å². The van der Waals surface area contributed by atoms with Gasteiger partial charge in [0.1, 0.15) is 18.2 Å². The van der Waals surface area contributed by atoms with Crippen LogP contribution in [0.2, 0.25) is 0 Å². The molecule has 1 amide bonds. The Morgan fingerprint density at radius 3 is 2.36 bits per heavy atom. The number of aromatic nitrogens is 3. The zero-order valence-corrected chi connectivity index (χ0v) is 19.9. The number of amides is 1. The van der Waals surface area contributed by atoms with Crippen LogP contribution >= 0.6 is 0 Å². The fraction of sp³-hybridized carbons (Fsp3) is 0.185. The van der Waals surface area contributed by atoms with Crippen LogP contribution in [0.5, 0.6) is 5.75 Å². The molecule has 4 aromatic rings. The quantitative estimate of drug-likeness (QED) is 0.375. The van der Waals surface area contributed by atoms with E-state index in [-0.39, 0.29) is 24.6 Å². The average molecular weight is 486 g/mol. The van der Waals surface area contributed by atoms with Gasteiger partial charge in [0.2, 0.25) is 0 Å². The van der Waals surface area contributed by atoms with Gasteiger partial charge in [0.25, 0.3) is 11.5 Å². The highest BCUT2D eigenvalue weighted by Crippen LogP contribution is 2.22. The van der Waals surface area contributed by atoms with Crippen molar-refractivity contribution in [2.24, 2.45) is 0 Å². The molecule has 0 saturated heterocycles. The van der Waals surface area contributed by atoms with Crippen molar-refractivity contribution in [3.63, 3.8) is 0 Å². The number of hydrogen-bond donors (Lipinski definition) is 2. The van der Waals surface area contributed by atoms with E-state index in [1.165, 1.54) is 9.47 Å². The number of aromatic amines is 1. The first-order chi connectivity index (χ1) is 17.5. The number of nitrogen functional groups attached to an aromatic ring is 1. The zero-order chi connectivity index (χ0) is 25.5. The number of anilines is 2. The van der Waals surface area contributed by atoms with Crippen molar-refractivity contribution >= 4 is 17.4 Å². The van der Waals surface area contributed by atoms with Crippen molar-refractivity contribution in [1.82, 2.24) is 14.5 Å². The van der Waals surface area contributed by atoms with E-state index in [1.54, 1.807) is 36.7 Å². The van der Waals surface area contributed by atoms with E-state index in [0.717, 1.165) is 11.1 Å². The van der Waals surface area contributed by atoms with Crippen LogP contribution in [-0.4, -0.2) is 27.0 Å².